The van der Waals surface area contributed by atoms with Crippen molar-refractivity contribution in [2.75, 3.05) is 33.0 Å². The highest BCUT2D eigenvalue weighted by Crippen LogP contribution is 2.33. The zero-order valence-corrected chi connectivity index (χ0v) is 25.1. The third kappa shape index (κ3) is 5.78. The topological polar surface area (TPSA) is 129 Å². The first kappa shape index (κ1) is 29.1. The van der Waals surface area contributed by atoms with Crippen LogP contribution in [-0.4, -0.2) is 73.4 Å². The molecule has 1 aliphatic carbocycles. The second-order valence-electron chi connectivity index (χ2n) is 10.9. The van der Waals surface area contributed by atoms with E-state index in [2.05, 4.69) is 44.7 Å². The minimum Gasteiger partial charge on any atom is -0.480 e. The zero-order valence-electron chi connectivity index (χ0n) is 25.1. The highest BCUT2D eigenvalue weighted by atomic mass is 16.5. The van der Waals surface area contributed by atoms with Crippen molar-refractivity contribution in [3.8, 4) is 28.8 Å². The molecule has 226 valence electrons. The van der Waals surface area contributed by atoms with Gasteiger partial charge in [-0.3, -0.25) is 9.36 Å². The molecular weight excluding hydrogens is 554 g/mol. The van der Waals surface area contributed by atoms with E-state index in [1.807, 2.05) is 42.4 Å². The van der Waals surface area contributed by atoms with E-state index >= 15 is 0 Å². The fourth-order valence-corrected chi connectivity index (χ4v) is 5.87. The Hall–Kier alpha value is -5.03. The van der Waals surface area contributed by atoms with Crippen molar-refractivity contribution in [3.05, 3.63) is 84.7 Å². The number of carbonyl (C=O) groups is 1. The number of ether oxygens (including phenoxy) is 1. The van der Waals surface area contributed by atoms with E-state index in [0.29, 0.717) is 29.4 Å². The summed E-state index contributed by atoms with van der Waals surface area (Å²) < 4.78 is 8.97. The predicted molar refractivity (Wildman–Crippen MR) is 171 cm³/mol. The minimum atomic E-state index is 0.0598. The van der Waals surface area contributed by atoms with E-state index < -0.39 is 0 Å². The normalized spacial score (nSPS) is 14.6. The van der Waals surface area contributed by atoms with E-state index in [9.17, 15) is 4.79 Å². The number of nitrogens with two attached hydrogens (primary N) is 1. The smallest absolute Gasteiger partial charge is 0.245 e. The summed E-state index contributed by atoms with van der Waals surface area (Å²) in [6.45, 7) is 5.18. The number of piperidine rings is 1. The second kappa shape index (κ2) is 12.7. The van der Waals surface area contributed by atoms with Gasteiger partial charge >= 0.3 is 0 Å². The average molecular weight is 592 g/mol. The van der Waals surface area contributed by atoms with Gasteiger partial charge < -0.3 is 20.7 Å². The molecule has 5 aromatic rings. The van der Waals surface area contributed by atoms with Gasteiger partial charge in [0.1, 0.15) is 11.3 Å². The third-order valence-corrected chi connectivity index (χ3v) is 8.31. The summed E-state index contributed by atoms with van der Waals surface area (Å²) in [6, 6.07) is 16.6. The number of nitrogens with one attached hydrogen (secondary N) is 1. The van der Waals surface area contributed by atoms with Gasteiger partial charge in [0.05, 0.1) is 12.7 Å². The van der Waals surface area contributed by atoms with Gasteiger partial charge in [-0.05, 0) is 92.8 Å². The van der Waals surface area contributed by atoms with Crippen molar-refractivity contribution in [3.63, 3.8) is 0 Å². The SMILES string of the molecule is C=CC(=O)N1CCC(NC)CC1.COc1ccn(-c2ccc3nc(-c4cccnc4N)n(-c4ccc5c(c4)CCC5)c3n2)n1. The molecule has 5 heterocycles. The summed E-state index contributed by atoms with van der Waals surface area (Å²) in [5, 5.41) is 7.62. The van der Waals surface area contributed by atoms with Crippen LogP contribution in [0.25, 0.3) is 34.1 Å². The third-order valence-electron chi connectivity index (χ3n) is 8.31. The molecular formula is C33H37N9O2. The zero-order chi connectivity index (χ0) is 30.6. The maximum Gasteiger partial charge on any atom is 0.245 e. The van der Waals surface area contributed by atoms with Crippen LogP contribution in [-0.2, 0) is 17.6 Å². The Morgan fingerprint density at radius 1 is 1.09 bits per heavy atom. The Labute approximate surface area is 256 Å². The fraction of sp³-hybridized carbons (Fsp3) is 0.303. The molecule has 11 heteroatoms. The van der Waals surface area contributed by atoms with Gasteiger partial charge in [-0.1, -0.05) is 12.6 Å². The average Bonchev–Trinajstić information content (AvgIpc) is 3.83. The Morgan fingerprint density at radius 2 is 1.91 bits per heavy atom. The Balaban J connectivity index is 0.000000242. The monoisotopic (exact) mass is 591 g/mol. The molecule has 0 saturated carbocycles. The molecule has 44 heavy (non-hydrogen) atoms. The molecule has 0 bridgehead atoms. The number of hydrogen-bond donors (Lipinski definition) is 2. The summed E-state index contributed by atoms with van der Waals surface area (Å²) in [7, 11) is 3.56. The van der Waals surface area contributed by atoms with E-state index in [1.54, 1.807) is 24.1 Å². The van der Waals surface area contributed by atoms with E-state index in [1.165, 1.54) is 23.6 Å². The lowest BCUT2D eigenvalue weighted by molar-refractivity contribution is -0.127. The molecule has 1 saturated heterocycles. The number of amides is 1. The number of imidazole rings is 1. The molecule has 2 aliphatic rings. The first-order valence-electron chi connectivity index (χ1n) is 14.9. The van der Waals surface area contributed by atoms with Crippen LogP contribution < -0.4 is 15.8 Å². The molecule has 11 nitrogen and oxygen atoms in total. The lowest BCUT2D eigenvalue weighted by Crippen LogP contribution is -2.43. The lowest BCUT2D eigenvalue weighted by atomic mass is 10.1. The van der Waals surface area contributed by atoms with Crippen LogP contribution in [0, 0.1) is 0 Å². The maximum absolute atomic E-state index is 11.1. The lowest BCUT2D eigenvalue weighted by Gasteiger charge is -2.30. The molecule has 0 atom stereocenters. The summed E-state index contributed by atoms with van der Waals surface area (Å²) in [4.78, 5) is 27.1. The summed E-state index contributed by atoms with van der Waals surface area (Å²) in [5.41, 5.74) is 12.3. The number of pyridine rings is 2. The van der Waals surface area contributed by atoms with Crippen molar-refractivity contribution >= 4 is 22.9 Å². The Morgan fingerprint density at radius 3 is 2.64 bits per heavy atom. The van der Waals surface area contributed by atoms with Crippen LogP contribution in [0.1, 0.15) is 30.4 Å². The van der Waals surface area contributed by atoms with Gasteiger partial charge in [-0.2, -0.15) is 0 Å². The summed E-state index contributed by atoms with van der Waals surface area (Å²) >= 11 is 0. The fourth-order valence-electron chi connectivity index (χ4n) is 5.87. The molecule has 1 fully saturated rings. The van der Waals surface area contributed by atoms with Crippen LogP contribution >= 0.6 is 0 Å². The number of aromatic nitrogens is 6. The number of anilines is 1. The first-order valence-corrected chi connectivity index (χ1v) is 14.9. The maximum atomic E-state index is 11.1. The molecule has 0 spiro atoms. The molecule has 1 aliphatic heterocycles. The summed E-state index contributed by atoms with van der Waals surface area (Å²) in [5.74, 6) is 2.41. The molecule has 0 radical (unpaired) electrons. The Kier molecular flexibility index (Phi) is 8.38. The van der Waals surface area contributed by atoms with E-state index in [0.717, 1.165) is 61.2 Å². The predicted octanol–water partition coefficient (Wildman–Crippen LogP) is 4.13. The van der Waals surface area contributed by atoms with Crippen molar-refractivity contribution in [1.29, 1.82) is 0 Å². The molecule has 3 N–H and O–H groups in total. The van der Waals surface area contributed by atoms with E-state index in [4.69, 9.17) is 20.4 Å². The number of aryl methyl sites for hydroxylation is 2. The number of likely N-dealkylation sites (tertiary alicyclic amines) is 1. The quantitative estimate of drug-likeness (QED) is 0.282. The standard InChI is InChI=1S/C24H21N7O.C9H16N2O/c1-32-21-11-13-30(29-21)20-10-9-19-24(28-20)31(17-8-7-15-4-2-5-16(15)14-17)23(27-19)18-6-3-12-26-22(18)25;1-3-9(12)11-6-4-8(10-2)5-7-11/h3,6-14H,2,4-5H2,1H3,(H2,25,26);3,8,10H,1,4-7H2,2H3. The van der Waals surface area contributed by atoms with Crippen LogP contribution in [0.3, 0.4) is 0 Å². The van der Waals surface area contributed by atoms with Gasteiger partial charge in [0.2, 0.25) is 11.8 Å². The summed E-state index contributed by atoms with van der Waals surface area (Å²) in [6.07, 6.45) is 10.4. The van der Waals surface area contributed by atoms with Crippen molar-refractivity contribution < 1.29 is 9.53 Å². The van der Waals surface area contributed by atoms with Gasteiger partial charge in [-0.25, -0.2) is 19.6 Å². The molecule has 7 rings (SSSR count). The number of fused-ring (bicyclic) bond motifs is 2. The number of methoxy groups -OCH3 is 1. The van der Waals surface area contributed by atoms with E-state index in [-0.39, 0.29) is 5.91 Å². The second-order valence-corrected chi connectivity index (χ2v) is 10.9. The van der Waals surface area contributed by atoms with Gasteiger partial charge in [0.15, 0.2) is 17.3 Å². The highest BCUT2D eigenvalue weighted by Gasteiger charge is 2.21. The number of hydrogen-bond acceptors (Lipinski definition) is 8. The molecule has 4 aromatic heterocycles. The number of nitrogens with zero attached hydrogens (tertiary/aromatic N) is 7. The molecule has 1 amide bonds. The van der Waals surface area contributed by atoms with Crippen molar-refractivity contribution in [2.24, 2.45) is 0 Å². The number of carbonyl (C=O) groups excluding carboxylic acids is 1. The van der Waals surface area contributed by atoms with Crippen LogP contribution in [0.15, 0.2) is 73.6 Å². The number of rotatable bonds is 6. The van der Waals surface area contributed by atoms with Crippen LogP contribution in [0.4, 0.5) is 5.82 Å². The van der Waals surface area contributed by atoms with Gasteiger partial charge in [0.25, 0.3) is 0 Å². The number of nitrogen functional groups attached to an aromatic ring is 1. The molecule has 0 unspecified atom stereocenters. The number of benzene rings is 1. The molecule has 1 aromatic carbocycles. The Bertz CT molecular complexity index is 1800. The van der Waals surface area contributed by atoms with Gasteiger partial charge in [0, 0.05) is 43.3 Å². The van der Waals surface area contributed by atoms with Crippen LogP contribution in [0.2, 0.25) is 0 Å². The van der Waals surface area contributed by atoms with Gasteiger partial charge in [-0.15, -0.1) is 5.10 Å². The van der Waals surface area contributed by atoms with Crippen molar-refractivity contribution in [2.45, 2.75) is 38.1 Å². The highest BCUT2D eigenvalue weighted by molar-refractivity contribution is 5.87. The van der Waals surface area contributed by atoms with Crippen molar-refractivity contribution in [1.82, 2.24) is 39.5 Å². The first-order chi connectivity index (χ1) is 21.5. The minimum absolute atomic E-state index is 0.0598. The largest absolute Gasteiger partial charge is 0.480 e. The van der Waals surface area contributed by atoms with Crippen LogP contribution in [0.5, 0.6) is 5.88 Å².